The normalized spacial score (nSPS) is 19.0. The lowest BCUT2D eigenvalue weighted by atomic mass is 9.87. The first kappa shape index (κ1) is 44.2. The maximum absolute atomic E-state index is 15.0. The molecule has 0 aliphatic carbocycles. The highest BCUT2D eigenvalue weighted by molar-refractivity contribution is 5.90. The number of hydrogen-bond donors (Lipinski definition) is 1. The fourth-order valence-corrected chi connectivity index (χ4v) is 7.99. The van der Waals surface area contributed by atoms with Gasteiger partial charge >= 0.3 is 23.8 Å². The number of aliphatic carboxylic acids is 1. The largest absolute Gasteiger partial charge is 0.511 e. The molecule has 0 radical (unpaired) electrons. The van der Waals surface area contributed by atoms with E-state index in [1.807, 2.05) is 48.5 Å². The minimum Gasteiger partial charge on any atom is -0.493 e. The lowest BCUT2D eigenvalue weighted by molar-refractivity contribution is -0.171. The number of esters is 1. The molecule has 2 aliphatic heterocycles. The van der Waals surface area contributed by atoms with Gasteiger partial charge in [0.05, 0.1) is 31.5 Å². The second-order valence-electron chi connectivity index (χ2n) is 15.4. The molecule has 5 atom stereocenters. The van der Waals surface area contributed by atoms with Crippen molar-refractivity contribution in [1.29, 1.82) is 0 Å². The molecule has 20 heteroatoms. The second-order valence-corrected chi connectivity index (χ2v) is 15.4. The minimum atomic E-state index is -1.39. The molecule has 7 rings (SSSR count). The average Bonchev–Trinajstić information content (AvgIpc) is 4.01. The van der Waals surface area contributed by atoms with Crippen LogP contribution < -0.4 is 20.2 Å². The SMILES string of the molecule is CC[C@@H]([C@H](C)OC(=O)OC(C)OC(=O)CC(=O)O)n1ncn(-c2ccc(N3CCN(c4ccc(OC[C@@H]5CO[C@@](Cn6cncn6)(c6ccc(F)cc6F)C5)cc4)CC3)cc2)c1=O. The topological polar surface area (TPSA) is 195 Å². The van der Waals surface area contributed by atoms with Gasteiger partial charge in [-0.3, -0.25) is 9.59 Å². The molecular formula is C43H48F2N8O10. The van der Waals surface area contributed by atoms with Crippen molar-refractivity contribution in [3.05, 3.63) is 113 Å². The van der Waals surface area contributed by atoms with Crippen LogP contribution in [0.4, 0.5) is 25.0 Å². The Morgan fingerprint density at radius 3 is 2.17 bits per heavy atom. The first-order chi connectivity index (χ1) is 30.3. The number of ether oxygens (including phenoxy) is 5. The number of piperazine rings is 1. The summed E-state index contributed by atoms with van der Waals surface area (Å²) in [6.07, 6.45) is 0.876. The van der Waals surface area contributed by atoms with E-state index in [9.17, 15) is 23.6 Å². The summed E-state index contributed by atoms with van der Waals surface area (Å²) in [6, 6.07) is 18.4. The number of nitrogens with zero attached hydrogens (tertiary/aromatic N) is 8. The molecule has 2 fully saturated rings. The average molecular weight is 875 g/mol. The molecule has 0 spiro atoms. The van der Waals surface area contributed by atoms with E-state index in [-0.39, 0.29) is 18.0 Å². The molecule has 334 valence electrons. The quantitative estimate of drug-likeness (QED) is 0.0736. The number of rotatable bonds is 17. The fourth-order valence-electron chi connectivity index (χ4n) is 7.99. The molecule has 2 aliphatic rings. The number of anilines is 2. The van der Waals surface area contributed by atoms with Gasteiger partial charge in [0, 0.05) is 62.0 Å². The standard InChI is InChI=1S/C43H48F2N8O10/c1-4-38(28(2)61-42(58)63-29(3)62-40(56)20-39(54)55)53-41(57)52(27-48-53)34-8-6-32(7-9-34)49-15-17-50(18-16-49)33-10-12-35(13-11-33)59-22-30-21-43(60-23-30,24-51-26-46-25-47-51)36-14-5-31(44)19-37(36)45/h5-14,19,25-30,38H,4,15-18,20-24H2,1-3H3,(H,54,55)/t28-,29?,30+,38-,43-/m0/s1. The number of aromatic nitrogens is 6. The van der Waals surface area contributed by atoms with Gasteiger partial charge in [0.15, 0.2) is 0 Å². The van der Waals surface area contributed by atoms with Crippen molar-refractivity contribution in [2.24, 2.45) is 5.92 Å². The molecule has 3 aromatic carbocycles. The Hall–Kier alpha value is -6.83. The highest BCUT2D eigenvalue weighted by Gasteiger charge is 2.45. The van der Waals surface area contributed by atoms with Gasteiger partial charge in [0.2, 0.25) is 6.29 Å². The number of halogens is 2. The van der Waals surface area contributed by atoms with Gasteiger partial charge in [-0.2, -0.15) is 10.2 Å². The lowest BCUT2D eigenvalue weighted by Crippen LogP contribution is -2.46. The highest BCUT2D eigenvalue weighted by Crippen LogP contribution is 2.42. The van der Waals surface area contributed by atoms with Gasteiger partial charge in [-0.25, -0.2) is 37.3 Å². The van der Waals surface area contributed by atoms with Crippen molar-refractivity contribution in [3.8, 4) is 11.4 Å². The molecule has 4 heterocycles. The molecule has 63 heavy (non-hydrogen) atoms. The number of carbonyl (C=O) groups excluding carboxylic acids is 2. The summed E-state index contributed by atoms with van der Waals surface area (Å²) in [7, 11) is 0. The van der Waals surface area contributed by atoms with E-state index in [0.29, 0.717) is 37.5 Å². The Kier molecular flexibility index (Phi) is 13.7. The smallest absolute Gasteiger partial charge is 0.493 e. The van der Waals surface area contributed by atoms with Crippen LogP contribution in [0.5, 0.6) is 5.75 Å². The van der Waals surface area contributed by atoms with E-state index >= 15 is 4.39 Å². The molecule has 1 unspecified atom stereocenters. The third-order valence-electron chi connectivity index (χ3n) is 11.1. The molecule has 0 amide bonds. The maximum atomic E-state index is 15.0. The van der Waals surface area contributed by atoms with Crippen molar-refractivity contribution < 1.29 is 52.0 Å². The third-order valence-corrected chi connectivity index (χ3v) is 11.1. The molecule has 1 N–H and O–H groups in total. The Morgan fingerprint density at radius 2 is 1.56 bits per heavy atom. The lowest BCUT2D eigenvalue weighted by Gasteiger charge is -2.37. The van der Waals surface area contributed by atoms with Crippen molar-refractivity contribution >= 4 is 29.5 Å². The monoisotopic (exact) mass is 874 g/mol. The predicted octanol–water partition coefficient (Wildman–Crippen LogP) is 5.10. The Labute approximate surface area is 360 Å². The second kappa shape index (κ2) is 19.5. The summed E-state index contributed by atoms with van der Waals surface area (Å²) in [5, 5.41) is 17.2. The fraction of sp³-hybridized carbons (Fsp3) is 0.419. The summed E-state index contributed by atoms with van der Waals surface area (Å²) < 4.78 is 60.4. The molecule has 0 saturated carbocycles. The first-order valence-corrected chi connectivity index (χ1v) is 20.5. The Bertz CT molecular complexity index is 2410. The number of carboxylic acids is 1. The van der Waals surface area contributed by atoms with E-state index in [2.05, 4.69) is 25.0 Å². The minimum absolute atomic E-state index is 0.0476. The highest BCUT2D eigenvalue weighted by atomic mass is 19.1. The van der Waals surface area contributed by atoms with Crippen molar-refractivity contribution in [2.45, 2.75) is 70.6 Å². The number of benzene rings is 3. The van der Waals surface area contributed by atoms with Crippen LogP contribution in [0.2, 0.25) is 0 Å². The zero-order valence-corrected chi connectivity index (χ0v) is 34.9. The number of carbonyl (C=O) groups is 3. The van der Waals surface area contributed by atoms with Crippen molar-refractivity contribution in [2.75, 3.05) is 49.2 Å². The van der Waals surface area contributed by atoms with Crippen LogP contribution in [0.25, 0.3) is 5.69 Å². The molecule has 0 bridgehead atoms. The van der Waals surface area contributed by atoms with E-state index in [4.69, 9.17) is 28.8 Å². The van der Waals surface area contributed by atoms with E-state index in [1.54, 1.807) is 18.5 Å². The van der Waals surface area contributed by atoms with Crippen LogP contribution >= 0.6 is 0 Å². The van der Waals surface area contributed by atoms with Gasteiger partial charge in [0.1, 0.15) is 54.5 Å². The van der Waals surface area contributed by atoms with Gasteiger partial charge in [-0.05, 0) is 74.4 Å². The molecular weight excluding hydrogens is 827 g/mol. The summed E-state index contributed by atoms with van der Waals surface area (Å²) in [6.45, 7) is 8.63. The van der Waals surface area contributed by atoms with Crippen LogP contribution in [0.3, 0.4) is 0 Å². The van der Waals surface area contributed by atoms with E-state index < -0.39 is 65.9 Å². The van der Waals surface area contributed by atoms with Crippen LogP contribution in [0.1, 0.15) is 51.6 Å². The zero-order valence-electron chi connectivity index (χ0n) is 34.9. The number of carboxylic acid groups (broad SMARTS) is 1. The van der Waals surface area contributed by atoms with Crippen LogP contribution in [-0.2, 0) is 40.7 Å². The van der Waals surface area contributed by atoms with Crippen LogP contribution in [0.15, 0.2) is 90.5 Å². The van der Waals surface area contributed by atoms with Crippen molar-refractivity contribution in [1.82, 2.24) is 29.1 Å². The van der Waals surface area contributed by atoms with Gasteiger partial charge in [-0.1, -0.05) is 13.0 Å². The van der Waals surface area contributed by atoms with Gasteiger partial charge in [0.25, 0.3) is 0 Å². The summed E-state index contributed by atoms with van der Waals surface area (Å²) in [5.74, 6) is -3.14. The molecule has 18 nitrogen and oxygen atoms in total. The summed E-state index contributed by atoms with van der Waals surface area (Å²) in [4.78, 5) is 56.6. The number of hydrogen-bond acceptors (Lipinski definition) is 14. The predicted molar refractivity (Wildman–Crippen MR) is 220 cm³/mol. The molecule has 2 saturated heterocycles. The van der Waals surface area contributed by atoms with Crippen LogP contribution in [0, 0.1) is 17.6 Å². The van der Waals surface area contributed by atoms with E-state index in [1.165, 1.54) is 47.3 Å². The molecule has 2 aromatic heterocycles. The Balaban J connectivity index is 0.886. The summed E-state index contributed by atoms with van der Waals surface area (Å²) >= 11 is 0. The maximum Gasteiger partial charge on any atom is 0.511 e. The van der Waals surface area contributed by atoms with E-state index in [0.717, 1.165) is 43.6 Å². The summed E-state index contributed by atoms with van der Waals surface area (Å²) in [5.41, 5.74) is 1.45. The third kappa shape index (κ3) is 10.6. The van der Waals surface area contributed by atoms with Gasteiger partial charge in [-0.15, -0.1) is 0 Å². The van der Waals surface area contributed by atoms with Gasteiger partial charge < -0.3 is 38.6 Å². The molecule has 5 aromatic rings. The zero-order chi connectivity index (χ0) is 44.7. The van der Waals surface area contributed by atoms with Crippen LogP contribution in [-0.4, -0.2) is 104 Å². The van der Waals surface area contributed by atoms with Crippen molar-refractivity contribution in [3.63, 3.8) is 0 Å². The Morgan fingerprint density at radius 1 is 0.889 bits per heavy atom. The first-order valence-electron chi connectivity index (χ1n) is 20.5.